The van der Waals surface area contributed by atoms with Crippen LogP contribution in [0.3, 0.4) is 0 Å². The first kappa shape index (κ1) is 21.2. The van der Waals surface area contributed by atoms with E-state index in [4.69, 9.17) is 0 Å². The van der Waals surface area contributed by atoms with Crippen LogP contribution in [0.4, 0.5) is 0 Å². The summed E-state index contributed by atoms with van der Waals surface area (Å²) in [4.78, 5) is 10.7. The normalized spacial score (nSPS) is 19.6. The van der Waals surface area contributed by atoms with Crippen LogP contribution < -0.4 is 5.32 Å². The fraction of sp³-hybridized carbons (Fsp3) is 0.733. The maximum absolute atomic E-state index is 12.1. The minimum absolute atomic E-state index is 0. The predicted molar refractivity (Wildman–Crippen MR) is 108 cm³/mol. The van der Waals surface area contributed by atoms with Crippen molar-refractivity contribution in [2.75, 3.05) is 31.9 Å². The van der Waals surface area contributed by atoms with Gasteiger partial charge in [-0.15, -0.1) is 24.0 Å². The Morgan fingerprint density at radius 3 is 2.75 bits per heavy atom. The number of nitrogens with zero attached hydrogens (tertiary/aromatic N) is 4. The van der Waals surface area contributed by atoms with E-state index >= 15 is 0 Å². The molecule has 1 fully saturated rings. The molecule has 138 valence electrons. The highest BCUT2D eigenvalue weighted by Gasteiger charge is 2.40. The van der Waals surface area contributed by atoms with E-state index in [1.54, 1.807) is 26.4 Å². The highest BCUT2D eigenvalue weighted by Crippen LogP contribution is 2.23. The molecule has 1 aliphatic rings. The quantitative estimate of drug-likeness (QED) is 0.305. The van der Waals surface area contributed by atoms with Crippen molar-refractivity contribution in [1.29, 1.82) is 0 Å². The molecule has 1 aromatic rings. The standard InChI is InChI=1S/C15H27N5O2S.HI/c1-4-17-14(18-6-5-8-19-9-7-16-13-19)20-10-11-23(21,22)15(2,3)12-20;/h7,9,13H,4-6,8,10-12H2,1-3H3,(H,17,18);1H. The number of aromatic nitrogens is 2. The summed E-state index contributed by atoms with van der Waals surface area (Å²) in [7, 11) is -3.03. The molecule has 7 nitrogen and oxygen atoms in total. The van der Waals surface area contributed by atoms with E-state index in [1.165, 1.54) is 0 Å². The molecule has 1 aliphatic heterocycles. The molecule has 0 aromatic carbocycles. The average Bonchev–Trinajstić information content (AvgIpc) is 2.98. The first-order chi connectivity index (χ1) is 10.9. The third kappa shape index (κ3) is 5.33. The van der Waals surface area contributed by atoms with Crippen molar-refractivity contribution < 1.29 is 8.42 Å². The van der Waals surface area contributed by atoms with Gasteiger partial charge in [-0.1, -0.05) is 0 Å². The largest absolute Gasteiger partial charge is 0.357 e. The number of hydrogen-bond acceptors (Lipinski definition) is 4. The molecule has 2 rings (SSSR count). The second-order valence-electron chi connectivity index (χ2n) is 6.39. The van der Waals surface area contributed by atoms with E-state index in [0.29, 0.717) is 19.6 Å². The molecule has 24 heavy (non-hydrogen) atoms. The molecule has 0 spiro atoms. The van der Waals surface area contributed by atoms with Crippen molar-refractivity contribution in [2.45, 2.75) is 38.5 Å². The van der Waals surface area contributed by atoms with Gasteiger partial charge in [0.25, 0.3) is 0 Å². The number of rotatable bonds is 5. The molecule has 0 aliphatic carbocycles. The minimum Gasteiger partial charge on any atom is -0.357 e. The Morgan fingerprint density at radius 1 is 1.42 bits per heavy atom. The third-order valence-electron chi connectivity index (χ3n) is 4.07. The van der Waals surface area contributed by atoms with E-state index in [2.05, 4.69) is 20.2 Å². The number of imidazole rings is 1. The lowest BCUT2D eigenvalue weighted by molar-refractivity contribution is 0.353. The predicted octanol–water partition coefficient (Wildman–Crippen LogP) is 1.37. The van der Waals surface area contributed by atoms with E-state index in [-0.39, 0.29) is 29.7 Å². The van der Waals surface area contributed by atoms with Gasteiger partial charge in [-0.2, -0.15) is 0 Å². The number of guanidine groups is 1. The molecule has 2 heterocycles. The maximum Gasteiger partial charge on any atom is 0.193 e. The Balaban J connectivity index is 0.00000288. The van der Waals surface area contributed by atoms with E-state index in [0.717, 1.165) is 25.5 Å². The molecule has 1 N–H and O–H groups in total. The summed E-state index contributed by atoms with van der Waals surface area (Å²) in [6.45, 7) is 8.92. The summed E-state index contributed by atoms with van der Waals surface area (Å²) in [6, 6.07) is 0. The van der Waals surface area contributed by atoms with Crippen molar-refractivity contribution in [2.24, 2.45) is 4.99 Å². The lowest BCUT2D eigenvalue weighted by Gasteiger charge is -2.39. The zero-order valence-electron chi connectivity index (χ0n) is 14.6. The van der Waals surface area contributed by atoms with Crippen molar-refractivity contribution in [3.63, 3.8) is 0 Å². The molecule has 1 saturated heterocycles. The summed E-state index contributed by atoms with van der Waals surface area (Å²) in [5, 5.41) is 3.27. The molecule has 0 amide bonds. The number of hydrogen-bond donors (Lipinski definition) is 1. The summed E-state index contributed by atoms with van der Waals surface area (Å²) >= 11 is 0. The Morgan fingerprint density at radius 2 is 2.17 bits per heavy atom. The van der Waals surface area contributed by atoms with Crippen LogP contribution in [-0.4, -0.2) is 65.5 Å². The molecule has 0 unspecified atom stereocenters. The van der Waals surface area contributed by atoms with Crippen molar-refractivity contribution in [1.82, 2.24) is 19.8 Å². The van der Waals surface area contributed by atoms with Crippen molar-refractivity contribution >= 4 is 39.8 Å². The van der Waals surface area contributed by atoms with Gasteiger partial charge in [0.15, 0.2) is 15.8 Å². The van der Waals surface area contributed by atoms with Crippen LogP contribution in [0.5, 0.6) is 0 Å². The van der Waals surface area contributed by atoms with Crippen LogP contribution >= 0.6 is 24.0 Å². The Hall–Kier alpha value is -0.840. The molecule has 0 bridgehead atoms. The van der Waals surface area contributed by atoms with Crippen LogP contribution in [-0.2, 0) is 16.4 Å². The topological polar surface area (TPSA) is 79.6 Å². The van der Waals surface area contributed by atoms with Crippen LogP contribution in [0.2, 0.25) is 0 Å². The van der Waals surface area contributed by atoms with Gasteiger partial charge < -0.3 is 14.8 Å². The lowest BCUT2D eigenvalue weighted by atomic mass is 10.2. The number of sulfone groups is 1. The molecule has 0 atom stereocenters. The van der Waals surface area contributed by atoms with Gasteiger partial charge in [0, 0.05) is 45.1 Å². The number of halogens is 1. The fourth-order valence-corrected chi connectivity index (χ4v) is 3.97. The first-order valence-corrected chi connectivity index (χ1v) is 9.72. The Kier molecular flexibility index (Phi) is 7.97. The van der Waals surface area contributed by atoms with E-state index in [9.17, 15) is 8.42 Å². The molecular formula is C15H28IN5O2S. The number of aryl methyl sites for hydroxylation is 1. The summed E-state index contributed by atoms with van der Waals surface area (Å²) in [5.41, 5.74) is 0. The molecule has 9 heteroatoms. The van der Waals surface area contributed by atoms with Gasteiger partial charge in [-0.05, 0) is 27.2 Å². The zero-order chi connectivity index (χ0) is 16.9. The van der Waals surface area contributed by atoms with Gasteiger partial charge in [-0.25, -0.2) is 13.4 Å². The van der Waals surface area contributed by atoms with Gasteiger partial charge >= 0.3 is 0 Å². The van der Waals surface area contributed by atoms with Crippen molar-refractivity contribution in [3.8, 4) is 0 Å². The van der Waals surface area contributed by atoms with Crippen molar-refractivity contribution in [3.05, 3.63) is 18.7 Å². The zero-order valence-corrected chi connectivity index (χ0v) is 17.8. The van der Waals surface area contributed by atoms with Crippen LogP contribution in [0.15, 0.2) is 23.7 Å². The maximum atomic E-state index is 12.1. The molecule has 0 radical (unpaired) electrons. The van der Waals surface area contributed by atoms with Crippen LogP contribution in [0.25, 0.3) is 0 Å². The second kappa shape index (κ2) is 9.02. The van der Waals surface area contributed by atoms with Gasteiger partial charge in [0.2, 0.25) is 0 Å². The Labute approximate surface area is 161 Å². The van der Waals surface area contributed by atoms with E-state index in [1.807, 2.05) is 17.7 Å². The van der Waals surface area contributed by atoms with Crippen LogP contribution in [0.1, 0.15) is 27.2 Å². The van der Waals surface area contributed by atoms with Gasteiger partial charge in [0.1, 0.15) is 0 Å². The Bertz CT molecular complexity index is 628. The fourth-order valence-electron chi connectivity index (χ4n) is 2.61. The highest BCUT2D eigenvalue weighted by molar-refractivity contribution is 14.0. The number of aliphatic imine (C=N–C) groups is 1. The minimum atomic E-state index is -3.03. The van der Waals surface area contributed by atoms with Crippen LogP contribution in [0, 0.1) is 0 Å². The average molecular weight is 469 g/mol. The summed E-state index contributed by atoms with van der Waals surface area (Å²) in [6.07, 6.45) is 6.42. The molecule has 0 saturated carbocycles. The second-order valence-corrected chi connectivity index (χ2v) is 9.13. The highest BCUT2D eigenvalue weighted by atomic mass is 127. The van der Waals surface area contributed by atoms with Gasteiger partial charge in [0.05, 0.1) is 16.8 Å². The van der Waals surface area contributed by atoms with E-state index < -0.39 is 14.6 Å². The summed E-state index contributed by atoms with van der Waals surface area (Å²) in [5.74, 6) is 0.987. The monoisotopic (exact) mass is 469 g/mol. The molecule has 1 aromatic heterocycles. The SMILES string of the molecule is CCNC(=NCCCn1ccnc1)N1CCS(=O)(=O)C(C)(C)C1.I. The molecular weight excluding hydrogens is 441 g/mol. The smallest absolute Gasteiger partial charge is 0.193 e. The first-order valence-electron chi connectivity index (χ1n) is 8.07. The number of nitrogens with one attached hydrogen (secondary N) is 1. The van der Waals surface area contributed by atoms with Gasteiger partial charge in [-0.3, -0.25) is 4.99 Å². The lowest BCUT2D eigenvalue weighted by Crippen LogP contribution is -2.57. The third-order valence-corrected chi connectivity index (χ3v) is 6.61. The summed E-state index contributed by atoms with van der Waals surface area (Å²) < 4.78 is 25.5.